The fourth-order valence-electron chi connectivity index (χ4n) is 2.10. The van der Waals surface area contributed by atoms with Crippen molar-refractivity contribution in [1.82, 2.24) is 0 Å². The number of rotatable bonds is 12. The molecule has 0 aromatic rings. The number of ether oxygens (including phenoxy) is 3. The normalized spacial score (nSPS) is 10.6. The van der Waals surface area contributed by atoms with Gasteiger partial charge >= 0.3 is 11.9 Å². The van der Waals surface area contributed by atoms with Crippen LogP contribution >= 0.6 is 28.7 Å². The van der Waals surface area contributed by atoms with E-state index in [2.05, 4.69) is 0 Å². The van der Waals surface area contributed by atoms with Crippen LogP contribution in [-0.4, -0.2) is 49.3 Å². The average molecular weight is 429 g/mol. The van der Waals surface area contributed by atoms with Crippen molar-refractivity contribution < 1.29 is 23.8 Å². The van der Waals surface area contributed by atoms with Crippen LogP contribution in [-0.2, 0) is 23.8 Å². The van der Waals surface area contributed by atoms with E-state index in [1.807, 2.05) is 6.92 Å². The predicted octanol–water partition coefficient (Wildman–Crippen LogP) is 2.51. The van der Waals surface area contributed by atoms with Crippen LogP contribution in [0.3, 0.4) is 0 Å². The fraction of sp³-hybridized carbons (Fsp3) is 0.800. The van der Waals surface area contributed by atoms with Crippen LogP contribution in [0, 0.1) is 10.8 Å². The van der Waals surface area contributed by atoms with Gasteiger partial charge in [0.05, 0.1) is 13.2 Å². The van der Waals surface area contributed by atoms with Crippen molar-refractivity contribution in [3.63, 3.8) is 0 Å². The SMILES string of the molecule is Br.CCOCCC(CCCSC(=N)N)(C(=O)OCC)C(=O)OCC. The summed E-state index contributed by atoms with van der Waals surface area (Å²) in [6.07, 6.45) is 1.02. The van der Waals surface area contributed by atoms with Gasteiger partial charge in [0.15, 0.2) is 10.6 Å². The summed E-state index contributed by atoms with van der Waals surface area (Å²) in [7, 11) is 0. The van der Waals surface area contributed by atoms with Gasteiger partial charge in [-0.15, -0.1) is 17.0 Å². The Bertz CT molecular complexity index is 378. The number of nitrogens with two attached hydrogens (primary N) is 1. The van der Waals surface area contributed by atoms with E-state index in [0.29, 0.717) is 18.8 Å². The Morgan fingerprint density at radius 1 is 1.04 bits per heavy atom. The van der Waals surface area contributed by atoms with Crippen LogP contribution in [0.1, 0.15) is 40.0 Å². The molecule has 0 saturated heterocycles. The van der Waals surface area contributed by atoms with Gasteiger partial charge in [-0.05, 0) is 40.0 Å². The monoisotopic (exact) mass is 428 g/mol. The zero-order valence-corrected chi connectivity index (χ0v) is 17.1. The molecule has 0 spiro atoms. The number of hydrogen-bond acceptors (Lipinski definition) is 7. The highest BCUT2D eigenvalue weighted by molar-refractivity contribution is 8.93. The Labute approximate surface area is 158 Å². The molecule has 0 aliphatic rings. The van der Waals surface area contributed by atoms with Crippen LogP contribution in [0.4, 0.5) is 0 Å². The third-order valence-corrected chi connectivity index (χ3v) is 4.02. The molecule has 7 nitrogen and oxygen atoms in total. The topological polar surface area (TPSA) is 112 Å². The number of hydrogen-bond donors (Lipinski definition) is 2. The summed E-state index contributed by atoms with van der Waals surface area (Å²) in [4.78, 5) is 24.9. The second-order valence-electron chi connectivity index (χ2n) is 4.79. The average Bonchev–Trinajstić information content (AvgIpc) is 2.50. The van der Waals surface area contributed by atoms with Crippen LogP contribution in [0.5, 0.6) is 0 Å². The molecule has 24 heavy (non-hydrogen) atoms. The lowest BCUT2D eigenvalue weighted by Gasteiger charge is -2.29. The summed E-state index contributed by atoms with van der Waals surface area (Å²) in [5.41, 5.74) is 3.94. The molecular formula is C15H29BrN2O5S. The Kier molecular flexibility index (Phi) is 15.4. The first kappa shape index (κ1) is 25.4. The molecule has 0 fully saturated rings. The van der Waals surface area contributed by atoms with Crippen LogP contribution < -0.4 is 5.73 Å². The van der Waals surface area contributed by atoms with E-state index in [-0.39, 0.29) is 54.8 Å². The van der Waals surface area contributed by atoms with E-state index in [1.165, 1.54) is 11.8 Å². The first-order valence-electron chi connectivity index (χ1n) is 7.83. The molecule has 0 radical (unpaired) electrons. The molecule has 0 aliphatic carbocycles. The number of esters is 2. The summed E-state index contributed by atoms with van der Waals surface area (Å²) in [6.45, 7) is 6.40. The second kappa shape index (κ2) is 14.5. The van der Waals surface area contributed by atoms with E-state index in [1.54, 1.807) is 13.8 Å². The van der Waals surface area contributed by atoms with Gasteiger partial charge in [0.1, 0.15) is 0 Å². The van der Waals surface area contributed by atoms with Crippen molar-refractivity contribution in [3.05, 3.63) is 0 Å². The minimum atomic E-state index is -1.36. The Hall–Kier alpha value is -0.800. The Balaban J connectivity index is 0. The first-order chi connectivity index (χ1) is 10.9. The number of halogens is 1. The van der Waals surface area contributed by atoms with Gasteiger partial charge in [0.2, 0.25) is 0 Å². The number of nitrogens with one attached hydrogen (secondary N) is 1. The highest BCUT2D eigenvalue weighted by Crippen LogP contribution is 2.33. The van der Waals surface area contributed by atoms with Crippen molar-refractivity contribution >= 4 is 45.8 Å². The molecule has 0 unspecified atom stereocenters. The van der Waals surface area contributed by atoms with Crippen LogP contribution in [0.15, 0.2) is 0 Å². The molecule has 9 heteroatoms. The summed E-state index contributed by atoms with van der Waals surface area (Å²) in [5.74, 6) is -0.609. The van der Waals surface area contributed by atoms with Crippen molar-refractivity contribution in [2.45, 2.75) is 40.0 Å². The molecule has 0 aromatic carbocycles. The van der Waals surface area contributed by atoms with Gasteiger partial charge in [-0.1, -0.05) is 11.8 Å². The molecule has 0 bridgehead atoms. The smallest absolute Gasteiger partial charge is 0.323 e. The van der Waals surface area contributed by atoms with Crippen molar-refractivity contribution in [2.24, 2.45) is 11.1 Å². The zero-order valence-electron chi connectivity index (χ0n) is 14.6. The lowest BCUT2D eigenvalue weighted by Crippen LogP contribution is -2.43. The van der Waals surface area contributed by atoms with Gasteiger partial charge in [-0.25, -0.2) is 0 Å². The third kappa shape index (κ3) is 8.89. The predicted molar refractivity (Wildman–Crippen MR) is 101 cm³/mol. The standard InChI is InChI=1S/C15H28N2O5S.BrH/c1-4-20-10-9-15(12(18)21-5-2,13(19)22-6-3)8-7-11-23-14(16)17;/h4-11H2,1-3H3,(H3,16,17);1H. The lowest BCUT2D eigenvalue weighted by atomic mass is 9.80. The summed E-state index contributed by atoms with van der Waals surface area (Å²) < 4.78 is 15.5. The number of carbonyl (C=O) groups excluding carboxylic acids is 2. The van der Waals surface area contributed by atoms with E-state index in [0.717, 1.165) is 0 Å². The maximum atomic E-state index is 12.5. The van der Waals surface area contributed by atoms with Crippen LogP contribution in [0.2, 0.25) is 0 Å². The largest absolute Gasteiger partial charge is 0.465 e. The maximum Gasteiger partial charge on any atom is 0.323 e. The van der Waals surface area contributed by atoms with Gasteiger partial charge in [0, 0.05) is 19.0 Å². The van der Waals surface area contributed by atoms with E-state index in [9.17, 15) is 9.59 Å². The summed E-state index contributed by atoms with van der Waals surface area (Å²) in [5, 5.41) is 7.21. The lowest BCUT2D eigenvalue weighted by molar-refractivity contribution is -0.174. The van der Waals surface area contributed by atoms with Crippen molar-refractivity contribution in [3.8, 4) is 0 Å². The Morgan fingerprint density at radius 2 is 1.58 bits per heavy atom. The minimum Gasteiger partial charge on any atom is -0.465 e. The number of thioether (sulfide) groups is 1. The van der Waals surface area contributed by atoms with Gasteiger partial charge in [0.25, 0.3) is 0 Å². The van der Waals surface area contributed by atoms with Gasteiger partial charge < -0.3 is 19.9 Å². The molecule has 142 valence electrons. The number of amidine groups is 1. The fourth-order valence-corrected chi connectivity index (χ4v) is 2.61. The Morgan fingerprint density at radius 3 is 2.00 bits per heavy atom. The van der Waals surface area contributed by atoms with Gasteiger partial charge in [-0.3, -0.25) is 15.0 Å². The molecule has 0 heterocycles. The molecule has 0 aliphatic heterocycles. The maximum absolute atomic E-state index is 12.5. The molecular weight excluding hydrogens is 400 g/mol. The summed E-state index contributed by atoms with van der Waals surface area (Å²) >= 11 is 1.18. The number of carbonyl (C=O) groups is 2. The van der Waals surface area contributed by atoms with E-state index in [4.69, 9.17) is 25.4 Å². The quantitative estimate of drug-likeness (QED) is 0.161. The zero-order chi connectivity index (χ0) is 17.7. The highest BCUT2D eigenvalue weighted by atomic mass is 79.9. The molecule has 0 atom stereocenters. The molecule has 0 saturated carbocycles. The molecule has 0 aromatic heterocycles. The highest BCUT2D eigenvalue weighted by Gasteiger charge is 2.48. The van der Waals surface area contributed by atoms with Crippen molar-refractivity contribution in [1.29, 1.82) is 5.41 Å². The minimum absolute atomic E-state index is 0. The van der Waals surface area contributed by atoms with Crippen LogP contribution in [0.25, 0.3) is 0 Å². The second-order valence-corrected chi connectivity index (χ2v) is 5.92. The van der Waals surface area contributed by atoms with Crippen molar-refractivity contribution in [2.75, 3.05) is 32.2 Å². The third-order valence-electron chi connectivity index (χ3n) is 3.22. The van der Waals surface area contributed by atoms with E-state index < -0.39 is 17.4 Å². The molecule has 0 amide bonds. The molecule has 0 rings (SSSR count). The molecule has 3 N–H and O–H groups in total. The van der Waals surface area contributed by atoms with E-state index >= 15 is 0 Å². The first-order valence-corrected chi connectivity index (χ1v) is 8.82. The van der Waals surface area contributed by atoms with Gasteiger partial charge in [-0.2, -0.15) is 0 Å². The summed E-state index contributed by atoms with van der Waals surface area (Å²) in [6, 6.07) is 0.